The fourth-order valence-corrected chi connectivity index (χ4v) is 9.12. The lowest BCUT2D eigenvalue weighted by Gasteiger charge is -2.46. The minimum absolute atomic E-state index is 0.106. The molecule has 2 atom stereocenters. The second-order valence-electron chi connectivity index (χ2n) is 13.4. The summed E-state index contributed by atoms with van der Waals surface area (Å²) in [6.45, 7) is 0. The van der Waals surface area contributed by atoms with Crippen LogP contribution in [0.5, 0.6) is 0 Å². The van der Waals surface area contributed by atoms with Gasteiger partial charge in [0, 0.05) is 26.7 Å². The maximum absolute atomic E-state index is 14.9. The Morgan fingerprint density at radius 2 is 0.843 bits per heavy atom. The van der Waals surface area contributed by atoms with Crippen LogP contribution in [-0.2, 0) is 29.5 Å². The highest BCUT2D eigenvalue weighted by atomic mass is 35.6. The zero-order valence-electron chi connectivity index (χ0n) is 32.5. The average Bonchev–Trinajstić information content (AvgIpc) is 3.16. The highest BCUT2D eigenvalue weighted by molar-refractivity contribution is 8.00. The highest BCUT2D eigenvalue weighted by Crippen LogP contribution is 2.62. The number of rotatable bonds is 13. The van der Waals surface area contributed by atoms with E-state index in [1.54, 1.807) is 0 Å². The fraction of sp³-hybridized carbons (Fsp3) is 0.412. The van der Waals surface area contributed by atoms with Crippen LogP contribution in [0.1, 0.15) is 29.7 Å². The third-order valence-electron chi connectivity index (χ3n) is 8.43. The van der Waals surface area contributed by atoms with E-state index in [1.165, 1.54) is 24.3 Å². The summed E-state index contributed by atoms with van der Waals surface area (Å²) >= 11 is 69.6. The van der Waals surface area contributed by atoms with Crippen LogP contribution in [0.4, 0.5) is 52.7 Å². The number of carbonyl (C=O) groups is 2. The zero-order chi connectivity index (χ0) is 53.6. The zero-order valence-corrected chi connectivity index (χ0v) is 43.2. The molecule has 70 heavy (non-hydrogen) atoms. The number of alkyl halides is 24. The van der Waals surface area contributed by atoms with E-state index in [2.05, 4.69) is 34.6 Å². The highest BCUT2D eigenvalue weighted by Gasteiger charge is 2.78. The molecule has 4 rings (SSSR count). The number of carboxylic acid groups (broad SMARTS) is 1. The Kier molecular flexibility index (Phi) is 19.4. The summed E-state index contributed by atoms with van der Waals surface area (Å²) in [5, 5.41) is 10.0. The standard InChI is InChI=1S/C34H16Cl12F12N6O4S2/c35-27(36,37)22-59-18(60-23(63-22)28(38,39)40)11-1-5-13(6-2-11)69-10-9-15(65)68-26(21(33(53,54)55)34(56,57)58,16(20(66)67)17(31(47,48)49)32(50,51)52)70-14-7-3-12(4-8-14)19-61-24(29(41,42)43)64-25(62-19)30(44,45)46/h1-8,16-17,21H,9-10H2,(H,66,67). The molecule has 0 bridgehead atoms. The largest absolute Gasteiger partial charge is 0.481 e. The van der Waals surface area contributed by atoms with Crippen LogP contribution in [0, 0.1) is 17.8 Å². The summed E-state index contributed by atoms with van der Waals surface area (Å²) in [5.41, 5.74) is -0.269. The summed E-state index contributed by atoms with van der Waals surface area (Å²) in [7, 11) is 0. The second-order valence-corrected chi connectivity index (χ2v) is 25.0. The van der Waals surface area contributed by atoms with Crippen molar-refractivity contribution in [1.29, 1.82) is 0 Å². The number of benzene rings is 2. The van der Waals surface area contributed by atoms with E-state index < -0.39 is 132 Å². The first kappa shape index (κ1) is 61.3. The third kappa shape index (κ3) is 15.9. The number of ether oxygens (including phenoxy) is 1. The van der Waals surface area contributed by atoms with Crippen LogP contribution >= 0.6 is 163 Å². The summed E-state index contributed by atoms with van der Waals surface area (Å²) in [6.07, 6.45) is -29.3. The van der Waals surface area contributed by atoms with Crippen molar-refractivity contribution in [3.8, 4) is 22.8 Å². The summed E-state index contributed by atoms with van der Waals surface area (Å²) < 4.78 is 171. The molecular weight excluding hydrogens is 1270 g/mol. The predicted molar refractivity (Wildman–Crippen MR) is 240 cm³/mol. The number of nitrogens with zero attached hydrogens (tertiary/aromatic N) is 6. The molecule has 10 nitrogen and oxygen atoms in total. The molecule has 0 aliphatic carbocycles. The van der Waals surface area contributed by atoms with Gasteiger partial charge in [-0.3, -0.25) is 9.59 Å². The van der Waals surface area contributed by atoms with E-state index in [9.17, 15) is 67.4 Å². The molecule has 2 aromatic heterocycles. The third-order valence-corrected chi connectivity index (χ3v) is 12.9. The van der Waals surface area contributed by atoms with Gasteiger partial charge in [-0.2, -0.15) is 52.7 Å². The molecule has 386 valence electrons. The number of halogens is 24. The van der Waals surface area contributed by atoms with Crippen molar-refractivity contribution >= 4 is 175 Å². The minimum Gasteiger partial charge on any atom is -0.481 e. The Morgan fingerprint density at radius 3 is 1.13 bits per heavy atom. The van der Waals surface area contributed by atoms with Crippen LogP contribution in [0.2, 0.25) is 0 Å². The smallest absolute Gasteiger partial charge is 0.405 e. The summed E-state index contributed by atoms with van der Waals surface area (Å²) in [5.74, 6) is -26.0. The van der Waals surface area contributed by atoms with Crippen molar-refractivity contribution in [2.24, 2.45) is 17.8 Å². The fourth-order valence-electron chi connectivity index (χ4n) is 5.75. The van der Waals surface area contributed by atoms with Crippen molar-refractivity contribution in [2.75, 3.05) is 5.75 Å². The molecule has 2 heterocycles. The Hall–Kier alpha value is -1.26. The van der Waals surface area contributed by atoms with Gasteiger partial charge in [-0.15, -0.1) is 11.8 Å². The van der Waals surface area contributed by atoms with Gasteiger partial charge in [0.15, 0.2) is 45.8 Å². The number of esters is 1. The van der Waals surface area contributed by atoms with E-state index in [0.29, 0.717) is 36.0 Å². The van der Waals surface area contributed by atoms with E-state index >= 15 is 0 Å². The summed E-state index contributed by atoms with van der Waals surface area (Å²) in [6, 6.07) is 7.31. The van der Waals surface area contributed by atoms with Gasteiger partial charge >= 0.3 is 36.6 Å². The van der Waals surface area contributed by atoms with Gasteiger partial charge < -0.3 is 9.84 Å². The minimum atomic E-state index is -7.00. The molecule has 2 aromatic carbocycles. The van der Waals surface area contributed by atoms with E-state index in [0.717, 1.165) is 0 Å². The molecule has 0 aliphatic heterocycles. The lowest BCUT2D eigenvalue weighted by Crippen LogP contribution is -2.64. The van der Waals surface area contributed by atoms with Crippen molar-refractivity contribution in [2.45, 2.75) is 61.0 Å². The van der Waals surface area contributed by atoms with Crippen molar-refractivity contribution in [1.82, 2.24) is 29.9 Å². The van der Waals surface area contributed by atoms with Gasteiger partial charge in [0.2, 0.25) is 21.1 Å². The molecule has 1 N–H and O–H groups in total. The number of aromatic nitrogens is 6. The Bertz CT molecular complexity index is 2440. The number of carbonyl (C=O) groups excluding carboxylic acids is 1. The second kappa shape index (κ2) is 22.1. The molecular formula is C34H16Cl12F12N6O4S2. The monoisotopic (exact) mass is 1280 g/mol. The molecule has 0 amide bonds. The van der Waals surface area contributed by atoms with Crippen LogP contribution < -0.4 is 0 Å². The molecule has 4 aromatic rings. The molecule has 0 radical (unpaired) electrons. The van der Waals surface area contributed by atoms with Crippen molar-refractivity contribution in [3.63, 3.8) is 0 Å². The Morgan fingerprint density at radius 1 is 0.514 bits per heavy atom. The lowest BCUT2D eigenvalue weighted by atomic mass is 9.79. The summed E-state index contributed by atoms with van der Waals surface area (Å²) in [4.78, 5) is 42.7. The van der Waals surface area contributed by atoms with Gasteiger partial charge in [-0.1, -0.05) is 175 Å². The van der Waals surface area contributed by atoms with Crippen LogP contribution in [-0.4, -0.2) is 82.3 Å². The van der Waals surface area contributed by atoms with E-state index in [-0.39, 0.29) is 21.8 Å². The maximum Gasteiger partial charge on any atom is 0.405 e. The first-order valence-electron chi connectivity index (χ1n) is 17.5. The van der Waals surface area contributed by atoms with Gasteiger partial charge in [0.05, 0.1) is 6.42 Å². The van der Waals surface area contributed by atoms with Crippen molar-refractivity contribution in [3.05, 3.63) is 71.8 Å². The first-order chi connectivity index (χ1) is 31.5. The van der Waals surface area contributed by atoms with Crippen LogP contribution in [0.15, 0.2) is 58.3 Å². The van der Waals surface area contributed by atoms with Gasteiger partial charge in [0.25, 0.3) is 0 Å². The number of hydrogen-bond acceptors (Lipinski definition) is 11. The van der Waals surface area contributed by atoms with Gasteiger partial charge in [-0.05, 0) is 24.3 Å². The molecule has 0 fully saturated rings. The lowest BCUT2D eigenvalue weighted by molar-refractivity contribution is -0.344. The quantitative estimate of drug-likeness (QED) is 0.0448. The van der Waals surface area contributed by atoms with Crippen molar-refractivity contribution < 1.29 is 72.1 Å². The number of carboxylic acids is 1. The topological polar surface area (TPSA) is 141 Å². The molecule has 2 unspecified atom stereocenters. The number of thioether (sulfide) groups is 2. The Balaban J connectivity index is 1.85. The molecule has 0 saturated heterocycles. The Labute approximate surface area is 452 Å². The first-order valence-corrected chi connectivity index (χ1v) is 23.8. The molecule has 0 aliphatic rings. The number of aliphatic carboxylic acids is 1. The SMILES string of the molecule is O=C(CCSc1ccc(-c2nc(C(Cl)(Cl)Cl)nc(C(Cl)(Cl)Cl)n2)cc1)OC(Sc1ccc(-c2nc(C(Cl)(Cl)Cl)nc(C(Cl)(Cl)Cl)n2)cc1)(C(C(=O)O)C(C(F)(F)F)C(F)(F)F)C(C(F)(F)F)C(F)(F)F. The number of hydrogen-bond donors (Lipinski definition) is 1. The van der Waals surface area contributed by atoms with Crippen LogP contribution in [0.25, 0.3) is 22.8 Å². The maximum atomic E-state index is 14.9. The molecule has 0 spiro atoms. The van der Waals surface area contributed by atoms with E-state index in [4.69, 9.17) is 139 Å². The molecule has 0 saturated carbocycles. The van der Waals surface area contributed by atoms with E-state index in [1.807, 2.05) is 0 Å². The van der Waals surface area contributed by atoms with Crippen LogP contribution in [0.3, 0.4) is 0 Å². The normalized spacial score (nSPS) is 15.0. The average molecular weight is 1290 g/mol. The molecule has 36 heteroatoms. The van der Waals surface area contributed by atoms with Gasteiger partial charge in [-0.25, -0.2) is 29.9 Å². The van der Waals surface area contributed by atoms with Gasteiger partial charge in [0.1, 0.15) is 5.92 Å². The predicted octanol–water partition coefficient (Wildman–Crippen LogP) is 15.4.